The molecule has 0 aliphatic carbocycles. The van der Waals surface area contributed by atoms with E-state index in [1.165, 1.54) is 12.1 Å². The molecule has 0 heterocycles. The maximum absolute atomic E-state index is 13.2. The van der Waals surface area contributed by atoms with Gasteiger partial charge in [0, 0.05) is 5.69 Å². The molecule has 3 rings (SSSR count). The number of rotatable bonds is 5. The minimum atomic E-state index is -0.460. The van der Waals surface area contributed by atoms with Gasteiger partial charge in [-0.2, -0.15) is 0 Å². The Balaban J connectivity index is 1.73. The third kappa shape index (κ3) is 3.98. The molecule has 0 radical (unpaired) electrons. The van der Waals surface area contributed by atoms with Crippen LogP contribution in [0.5, 0.6) is 0 Å². The first-order chi connectivity index (χ1) is 11.7. The van der Waals surface area contributed by atoms with E-state index in [1.54, 1.807) is 24.3 Å². The van der Waals surface area contributed by atoms with E-state index in [0.717, 1.165) is 5.69 Å². The summed E-state index contributed by atoms with van der Waals surface area (Å²) in [6.07, 6.45) is 0. The number of hydrogen-bond acceptors (Lipinski definition) is 3. The summed E-state index contributed by atoms with van der Waals surface area (Å²) >= 11 is 0. The fraction of sp³-hybridized carbons (Fsp3) is 0.0500. The Bertz CT molecular complexity index is 834. The summed E-state index contributed by atoms with van der Waals surface area (Å²) in [5.74, 6) is -0.812. The molecular weight excluding hydrogens is 305 g/mol. The van der Waals surface area contributed by atoms with E-state index in [4.69, 9.17) is 4.74 Å². The van der Waals surface area contributed by atoms with Gasteiger partial charge >= 0.3 is 5.97 Å². The van der Waals surface area contributed by atoms with Crippen molar-refractivity contribution in [3.63, 3.8) is 0 Å². The molecule has 0 unspecified atom stereocenters. The van der Waals surface area contributed by atoms with Crippen LogP contribution in [0.15, 0.2) is 78.9 Å². The summed E-state index contributed by atoms with van der Waals surface area (Å²) in [6.45, 7) is 0.0241. The SMILES string of the molecule is O=C(OCc1cccc(F)c1)c1ccccc1Nc1ccccc1. The zero-order valence-electron chi connectivity index (χ0n) is 12.9. The number of para-hydroxylation sites is 2. The lowest BCUT2D eigenvalue weighted by atomic mass is 10.1. The van der Waals surface area contributed by atoms with Gasteiger partial charge < -0.3 is 10.1 Å². The highest BCUT2D eigenvalue weighted by Crippen LogP contribution is 2.21. The third-order valence-electron chi connectivity index (χ3n) is 3.46. The lowest BCUT2D eigenvalue weighted by Crippen LogP contribution is -2.08. The van der Waals surface area contributed by atoms with E-state index >= 15 is 0 Å². The molecule has 4 heteroatoms. The van der Waals surface area contributed by atoms with Crippen LogP contribution >= 0.6 is 0 Å². The van der Waals surface area contributed by atoms with Gasteiger partial charge in [0.05, 0.1) is 11.3 Å². The molecule has 0 aromatic heterocycles. The van der Waals surface area contributed by atoms with Crippen LogP contribution in [0.2, 0.25) is 0 Å². The van der Waals surface area contributed by atoms with Crippen molar-refractivity contribution in [3.05, 3.63) is 95.8 Å². The van der Waals surface area contributed by atoms with Crippen molar-refractivity contribution >= 4 is 17.3 Å². The lowest BCUT2D eigenvalue weighted by Gasteiger charge is -2.12. The van der Waals surface area contributed by atoms with Crippen molar-refractivity contribution in [1.29, 1.82) is 0 Å². The van der Waals surface area contributed by atoms with Crippen LogP contribution in [-0.4, -0.2) is 5.97 Å². The van der Waals surface area contributed by atoms with Gasteiger partial charge in [-0.05, 0) is 42.0 Å². The summed E-state index contributed by atoms with van der Waals surface area (Å²) in [5.41, 5.74) is 2.57. The fourth-order valence-electron chi connectivity index (χ4n) is 2.30. The van der Waals surface area contributed by atoms with Gasteiger partial charge in [-0.1, -0.05) is 42.5 Å². The monoisotopic (exact) mass is 321 g/mol. The Morgan fingerprint density at radius 3 is 2.46 bits per heavy atom. The highest BCUT2D eigenvalue weighted by Gasteiger charge is 2.13. The number of halogens is 1. The van der Waals surface area contributed by atoms with Crippen LogP contribution in [0.3, 0.4) is 0 Å². The van der Waals surface area contributed by atoms with Crippen LogP contribution in [0, 0.1) is 5.82 Å². The number of ether oxygens (including phenoxy) is 1. The van der Waals surface area contributed by atoms with Crippen LogP contribution in [0.25, 0.3) is 0 Å². The maximum atomic E-state index is 13.2. The molecule has 0 amide bonds. The van der Waals surface area contributed by atoms with Crippen LogP contribution in [-0.2, 0) is 11.3 Å². The van der Waals surface area contributed by atoms with E-state index in [-0.39, 0.29) is 12.4 Å². The first-order valence-electron chi connectivity index (χ1n) is 7.55. The van der Waals surface area contributed by atoms with E-state index in [1.807, 2.05) is 42.5 Å². The second kappa shape index (κ2) is 7.42. The molecular formula is C20H16FNO2. The van der Waals surface area contributed by atoms with E-state index in [0.29, 0.717) is 16.8 Å². The number of hydrogen-bond donors (Lipinski definition) is 1. The first-order valence-corrected chi connectivity index (χ1v) is 7.55. The number of esters is 1. The molecule has 0 fully saturated rings. The lowest BCUT2D eigenvalue weighted by molar-refractivity contribution is 0.0473. The van der Waals surface area contributed by atoms with E-state index < -0.39 is 5.97 Å². The molecule has 0 spiro atoms. The first kappa shape index (κ1) is 15.7. The van der Waals surface area contributed by atoms with Gasteiger partial charge in [0.25, 0.3) is 0 Å². The van der Waals surface area contributed by atoms with Crippen LogP contribution < -0.4 is 5.32 Å². The van der Waals surface area contributed by atoms with Crippen molar-refractivity contribution in [1.82, 2.24) is 0 Å². The molecule has 0 aliphatic rings. The standard InChI is InChI=1S/C20H16FNO2/c21-16-8-6-7-15(13-16)14-24-20(23)18-11-4-5-12-19(18)22-17-9-2-1-3-10-17/h1-13,22H,14H2. The van der Waals surface area contributed by atoms with Gasteiger partial charge in [-0.25, -0.2) is 9.18 Å². The smallest absolute Gasteiger partial charge is 0.340 e. The second-order valence-corrected chi connectivity index (χ2v) is 5.24. The summed E-state index contributed by atoms with van der Waals surface area (Å²) in [7, 11) is 0. The number of carbonyl (C=O) groups is 1. The molecule has 24 heavy (non-hydrogen) atoms. The van der Waals surface area contributed by atoms with Crippen molar-refractivity contribution in [2.45, 2.75) is 6.61 Å². The minimum absolute atomic E-state index is 0.0241. The number of benzene rings is 3. The molecule has 120 valence electrons. The highest BCUT2D eigenvalue weighted by atomic mass is 19.1. The van der Waals surface area contributed by atoms with Gasteiger partial charge in [0.15, 0.2) is 0 Å². The molecule has 0 saturated carbocycles. The number of nitrogens with one attached hydrogen (secondary N) is 1. The number of anilines is 2. The Morgan fingerprint density at radius 1 is 0.917 bits per heavy atom. The zero-order chi connectivity index (χ0) is 16.8. The second-order valence-electron chi connectivity index (χ2n) is 5.24. The molecule has 0 aliphatic heterocycles. The molecule has 3 aromatic carbocycles. The number of carbonyl (C=O) groups excluding carboxylic acids is 1. The van der Waals surface area contributed by atoms with Gasteiger partial charge in [-0.3, -0.25) is 0 Å². The quantitative estimate of drug-likeness (QED) is 0.677. The van der Waals surface area contributed by atoms with Crippen LogP contribution in [0.1, 0.15) is 15.9 Å². The third-order valence-corrected chi connectivity index (χ3v) is 3.46. The minimum Gasteiger partial charge on any atom is -0.457 e. The van der Waals surface area contributed by atoms with Crippen molar-refractivity contribution in [3.8, 4) is 0 Å². The summed E-state index contributed by atoms with van der Waals surface area (Å²) < 4.78 is 18.5. The van der Waals surface area contributed by atoms with Crippen LogP contribution in [0.4, 0.5) is 15.8 Å². The fourth-order valence-corrected chi connectivity index (χ4v) is 2.30. The van der Waals surface area contributed by atoms with Gasteiger partial charge in [0.2, 0.25) is 0 Å². The summed E-state index contributed by atoms with van der Waals surface area (Å²) in [6, 6.07) is 22.7. The molecule has 0 atom stereocenters. The molecule has 1 N–H and O–H groups in total. The largest absolute Gasteiger partial charge is 0.457 e. The van der Waals surface area contributed by atoms with Gasteiger partial charge in [-0.15, -0.1) is 0 Å². The molecule has 3 aromatic rings. The maximum Gasteiger partial charge on any atom is 0.340 e. The zero-order valence-corrected chi connectivity index (χ0v) is 12.9. The normalized spacial score (nSPS) is 10.2. The molecule has 3 nitrogen and oxygen atoms in total. The van der Waals surface area contributed by atoms with Crippen molar-refractivity contribution in [2.24, 2.45) is 0 Å². The summed E-state index contributed by atoms with van der Waals surface area (Å²) in [5, 5.41) is 3.20. The van der Waals surface area contributed by atoms with Crippen molar-refractivity contribution in [2.75, 3.05) is 5.32 Å². The Hall–Kier alpha value is -3.14. The molecule has 0 saturated heterocycles. The predicted molar refractivity (Wildman–Crippen MR) is 91.7 cm³/mol. The Morgan fingerprint density at radius 2 is 1.67 bits per heavy atom. The Labute approximate surface area is 139 Å². The average Bonchev–Trinajstić information content (AvgIpc) is 2.61. The topological polar surface area (TPSA) is 38.3 Å². The van der Waals surface area contributed by atoms with E-state index in [2.05, 4.69) is 5.32 Å². The average molecular weight is 321 g/mol. The Kier molecular flexibility index (Phi) is 4.87. The highest BCUT2D eigenvalue weighted by molar-refractivity contribution is 5.96. The molecule has 0 bridgehead atoms. The van der Waals surface area contributed by atoms with E-state index in [9.17, 15) is 9.18 Å². The predicted octanol–water partition coefficient (Wildman–Crippen LogP) is 4.93. The van der Waals surface area contributed by atoms with Gasteiger partial charge in [0.1, 0.15) is 12.4 Å². The summed E-state index contributed by atoms with van der Waals surface area (Å²) in [4.78, 5) is 12.4. The van der Waals surface area contributed by atoms with Crippen molar-refractivity contribution < 1.29 is 13.9 Å².